The van der Waals surface area contributed by atoms with Gasteiger partial charge in [0, 0.05) is 13.4 Å². The number of hydrogen-bond acceptors (Lipinski definition) is 3. The fourth-order valence-electron chi connectivity index (χ4n) is 1.31. The van der Waals surface area contributed by atoms with Crippen LogP contribution in [0.5, 0.6) is 0 Å². The highest BCUT2D eigenvalue weighted by molar-refractivity contribution is 14.1. The number of pyridine rings is 1. The Hall–Kier alpha value is -0.470. The molecule has 0 bridgehead atoms. The van der Waals surface area contributed by atoms with Crippen LogP contribution in [0.1, 0.15) is 0 Å². The lowest BCUT2D eigenvalue weighted by Crippen LogP contribution is -1.93. The molecular formula is C9H3BrClIN2O2. The molecule has 0 unspecified atom stereocenters. The summed E-state index contributed by atoms with van der Waals surface area (Å²) in [5.74, 6) is 0. The molecule has 0 fully saturated rings. The fraction of sp³-hybridized carbons (Fsp3) is 0. The lowest BCUT2D eigenvalue weighted by molar-refractivity contribution is -0.384. The average Bonchev–Trinajstić information content (AvgIpc) is 2.23. The molecule has 16 heavy (non-hydrogen) atoms. The van der Waals surface area contributed by atoms with E-state index in [1.165, 1.54) is 6.20 Å². The number of benzene rings is 1. The Morgan fingerprint density at radius 2 is 2.19 bits per heavy atom. The van der Waals surface area contributed by atoms with Crippen molar-refractivity contribution in [2.24, 2.45) is 0 Å². The highest BCUT2D eigenvalue weighted by atomic mass is 127. The van der Waals surface area contributed by atoms with E-state index in [0.717, 1.165) is 3.57 Å². The summed E-state index contributed by atoms with van der Waals surface area (Å²) in [4.78, 5) is 14.2. The summed E-state index contributed by atoms with van der Waals surface area (Å²) in [5.41, 5.74) is 0.474. The monoisotopic (exact) mass is 412 g/mol. The van der Waals surface area contributed by atoms with E-state index < -0.39 is 4.92 Å². The van der Waals surface area contributed by atoms with Crippen molar-refractivity contribution in [3.63, 3.8) is 0 Å². The maximum atomic E-state index is 10.7. The van der Waals surface area contributed by atoms with Gasteiger partial charge in [0.15, 0.2) is 0 Å². The van der Waals surface area contributed by atoms with Crippen LogP contribution in [-0.4, -0.2) is 9.91 Å². The minimum absolute atomic E-state index is 0.111. The van der Waals surface area contributed by atoms with E-state index >= 15 is 0 Å². The van der Waals surface area contributed by atoms with Crippen molar-refractivity contribution in [2.75, 3.05) is 0 Å². The summed E-state index contributed by atoms with van der Waals surface area (Å²) in [7, 11) is 0. The minimum Gasteiger partial charge on any atom is -0.258 e. The molecule has 0 saturated heterocycles. The Balaban J connectivity index is 2.94. The minimum atomic E-state index is -0.541. The number of rotatable bonds is 1. The van der Waals surface area contributed by atoms with Gasteiger partial charge in [-0.3, -0.25) is 10.1 Å². The van der Waals surface area contributed by atoms with Crippen LogP contribution in [0.2, 0.25) is 5.02 Å². The van der Waals surface area contributed by atoms with Gasteiger partial charge in [-0.2, -0.15) is 0 Å². The maximum Gasteiger partial charge on any atom is 0.306 e. The Labute approximate surface area is 117 Å². The number of nitro groups is 1. The second-order valence-electron chi connectivity index (χ2n) is 2.97. The van der Waals surface area contributed by atoms with Gasteiger partial charge in [-0.15, -0.1) is 0 Å². The first-order valence-electron chi connectivity index (χ1n) is 4.09. The van der Waals surface area contributed by atoms with Crippen LogP contribution in [0, 0.1) is 13.7 Å². The van der Waals surface area contributed by atoms with E-state index in [1.54, 1.807) is 6.07 Å². The molecule has 0 N–H and O–H groups in total. The molecule has 0 radical (unpaired) electrons. The lowest BCUT2D eigenvalue weighted by Gasteiger charge is -2.04. The normalized spacial score (nSPS) is 10.7. The Bertz CT molecular complexity index is 606. The zero-order chi connectivity index (χ0) is 11.9. The van der Waals surface area contributed by atoms with Crippen molar-refractivity contribution < 1.29 is 4.92 Å². The van der Waals surface area contributed by atoms with Crippen LogP contribution in [-0.2, 0) is 0 Å². The van der Waals surface area contributed by atoms with Crippen molar-refractivity contribution >= 4 is 66.7 Å². The summed E-state index contributed by atoms with van der Waals surface area (Å²) >= 11 is 11.4. The Morgan fingerprint density at radius 3 is 2.81 bits per heavy atom. The molecule has 0 atom stereocenters. The first-order chi connectivity index (χ1) is 7.52. The van der Waals surface area contributed by atoms with Crippen LogP contribution >= 0.6 is 50.1 Å². The number of aromatic nitrogens is 1. The van der Waals surface area contributed by atoms with Gasteiger partial charge >= 0.3 is 5.69 Å². The van der Waals surface area contributed by atoms with Gasteiger partial charge < -0.3 is 0 Å². The second-order valence-corrected chi connectivity index (χ2v) is 5.36. The van der Waals surface area contributed by atoms with E-state index in [9.17, 15) is 10.1 Å². The Kier molecular flexibility index (Phi) is 3.32. The summed E-state index contributed by atoms with van der Waals surface area (Å²) < 4.78 is 1.59. The number of nitrogens with zero attached hydrogens (tertiary/aromatic N) is 2. The molecular weight excluding hydrogens is 410 g/mol. The third-order valence-corrected chi connectivity index (χ3v) is 3.95. The molecule has 4 nitrogen and oxygen atoms in total. The summed E-state index contributed by atoms with van der Waals surface area (Å²) in [6, 6.07) is 3.66. The van der Waals surface area contributed by atoms with Crippen molar-refractivity contribution in [3.8, 4) is 0 Å². The molecule has 82 valence electrons. The summed E-state index contributed by atoms with van der Waals surface area (Å²) in [6.07, 6.45) is 1.18. The maximum absolute atomic E-state index is 10.7. The lowest BCUT2D eigenvalue weighted by atomic mass is 10.2. The first kappa shape index (κ1) is 12.0. The quantitative estimate of drug-likeness (QED) is 0.401. The summed E-state index contributed by atoms with van der Waals surface area (Å²) in [6.45, 7) is 0. The molecule has 2 rings (SSSR count). The van der Waals surface area contributed by atoms with Gasteiger partial charge in [0.25, 0.3) is 0 Å². The third kappa shape index (κ3) is 1.89. The molecule has 0 aliphatic rings. The van der Waals surface area contributed by atoms with Crippen molar-refractivity contribution in [2.45, 2.75) is 0 Å². The molecule has 0 saturated carbocycles. The number of fused-ring (bicyclic) bond motifs is 1. The second kappa shape index (κ2) is 4.42. The van der Waals surface area contributed by atoms with E-state index in [2.05, 4.69) is 43.5 Å². The topological polar surface area (TPSA) is 56.0 Å². The molecule has 1 aromatic carbocycles. The molecule has 7 heteroatoms. The van der Waals surface area contributed by atoms with E-state index in [-0.39, 0.29) is 10.7 Å². The molecule has 0 aliphatic carbocycles. The zero-order valence-electron chi connectivity index (χ0n) is 7.58. The van der Waals surface area contributed by atoms with E-state index in [4.69, 9.17) is 11.6 Å². The third-order valence-electron chi connectivity index (χ3n) is 2.03. The number of hydrogen-bond donors (Lipinski definition) is 0. The predicted molar refractivity (Wildman–Crippen MR) is 73.8 cm³/mol. The molecule has 0 aliphatic heterocycles. The predicted octanol–water partition coefficient (Wildman–Crippen LogP) is 4.16. The summed E-state index contributed by atoms with van der Waals surface area (Å²) in [5, 5.41) is 11.4. The van der Waals surface area contributed by atoms with E-state index in [1.807, 2.05) is 6.07 Å². The molecule has 1 heterocycles. The average molecular weight is 413 g/mol. The van der Waals surface area contributed by atoms with Crippen LogP contribution < -0.4 is 0 Å². The Morgan fingerprint density at radius 1 is 1.50 bits per heavy atom. The SMILES string of the molecule is O=[N+]([O-])c1cnc2c(I)ccc(Br)c2c1Cl. The van der Waals surface area contributed by atoms with Crippen LogP contribution in [0.15, 0.2) is 22.8 Å². The van der Waals surface area contributed by atoms with Gasteiger partial charge in [0.2, 0.25) is 0 Å². The van der Waals surface area contributed by atoms with Crippen molar-refractivity contribution in [3.05, 3.63) is 41.5 Å². The molecule has 2 aromatic rings. The van der Waals surface area contributed by atoms with Crippen LogP contribution in [0.3, 0.4) is 0 Å². The van der Waals surface area contributed by atoms with Gasteiger partial charge in [0.05, 0.1) is 10.4 Å². The van der Waals surface area contributed by atoms with Crippen molar-refractivity contribution in [1.82, 2.24) is 4.98 Å². The van der Waals surface area contributed by atoms with Crippen LogP contribution in [0.4, 0.5) is 5.69 Å². The standard InChI is InChI=1S/C9H3BrClIN2O2/c10-4-1-2-5(12)9-7(4)8(11)6(3-13-9)14(15)16/h1-3H. The number of halogens is 3. The molecule has 1 aromatic heterocycles. The smallest absolute Gasteiger partial charge is 0.258 e. The molecule has 0 amide bonds. The van der Waals surface area contributed by atoms with Crippen molar-refractivity contribution in [1.29, 1.82) is 0 Å². The van der Waals surface area contributed by atoms with Gasteiger partial charge in [0.1, 0.15) is 11.2 Å². The largest absolute Gasteiger partial charge is 0.306 e. The highest BCUT2D eigenvalue weighted by Gasteiger charge is 2.18. The van der Waals surface area contributed by atoms with Gasteiger partial charge in [-0.25, -0.2) is 4.98 Å². The van der Waals surface area contributed by atoms with E-state index in [0.29, 0.717) is 15.4 Å². The van der Waals surface area contributed by atoms with Gasteiger partial charge in [-0.05, 0) is 34.7 Å². The van der Waals surface area contributed by atoms with Crippen LogP contribution in [0.25, 0.3) is 10.9 Å². The first-order valence-corrected chi connectivity index (χ1v) is 6.34. The highest BCUT2D eigenvalue weighted by Crippen LogP contribution is 2.37. The zero-order valence-corrected chi connectivity index (χ0v) is 12.1. The fourth-order valence-corrected chi connectivity index (χ4v) is 2.84. The molecule has 0 spiro atoms. The van der Waals surface area contributed by atoms with Gasteiger partial charge in [-0.1, -0.05) is 27.5 Å².